The second-order valence-electron chi connectivity index (χ2n) is 8.94. The van der Waals surface area contributed by atoms with Gasteiger partial charge in [-0.25, -0.2) is 4.79 Å². The predicted molar refractivity (Wildman–Crippen MR) is 107 cm³/mol. The van der Waals surface area contributed by atoms with Crippen LogP contribution in [-0.2, 0) is 19.1 Å². The van der Waals surface area contributed by atoms with Crippen LogP contribution >= 0.6 is 0 Å². The molecule has 4 aliphatic rings. The van der Waals surface area contributed by atoms with Crippen molar-refractivity contribution in [2.75, 3.05) is 53.0 Å². The number of hydrogen-bond donors (Lipinski definition) is 0. The molecule has 1 spiro atoms. The predicted octanol–water partition coefficient (Wildman–Crippen LogP) is 0.681. The third kappa shape index (κ3) is 3.68. The monoisotopic (exact) mass is 420 g/mol. The fourth-order valence-corrected chi connectivity index (χ4v) is 5.35. The minimum absolute atomic E-state index is 0.0741. The van der Waals surface area contributed by atoms with E-state index < -0.39 is 5.54 Å². The molecule has 1 saturated carbocycles. The number of carbonyl (C=O) groups excluding carboxylic acids is 4. The number of rotatable bonds is 3. The summed E-state index contributed by atoms with van der Waals surface area (Å²) in [4.78, 5) is 57.8. The quantitative estimate of drug-likeness (QED) is 0.627. The lowest BCUT2D eigenvalue weighted by molar-refractivity contribution is -0.146. The first-order valence-electron chi connectivity index (χ1n) is 11.2. The summed E-state index contributed by atoms with van der Waals surface area (Å²) in [5.41, 5.74) is -0.771. The topological polar surface area (TPSA) is 90.5 Å². The molecule has 0 bridgehead atoms. The highest BCUT2D eigenvalue weighted by Crippen LogP contribution is 2.39. The summed E-state index contributed by atoms with van der Waals surface area (Å²) in [6, 6.07) is -0.381. The van der Waals surface area contributed by atoms with Gasteiger partial charge in [0, 0.05) is 33.2 Å². The molecular weight excluding hydrogens is 388 g/mol. The van der Waals surface area contributed by atoms with Crippen LogP contribution in [0.25, 0.3) is 0 Å². The Hall–Kier alpha value is -2.16. The number of imide groups is 1. The van der Waals surface area contributed by atoms with Gasteiger partial charge in [-0.05, 0) is 25.7 Å². The van der Waals surface area contributed by atoms with Crippen LogP contribution in [0.2, 0.25) is 0 Å². The van der Waals surface area contributed by atoms with E-state index in [1.165, 1.54) is 0 Å². The summed E-state index contributed by atoms with van der Waals surface area (Å²) in [5, 5.41) is 0. The van der Waals surface area contributed by atoms with E-state index in [0.717, 1.165) is 37.0 Å². The third-order valence-corrected chi connectivity index (χ3v) is 7.22. The second-order valence-corrected chi connectivity index (χ2v) is 8.94. The Morgan fingerprint density at radius 1 is 1.00 bits per heavy atom. The van der Waals surface area contributed by atoms with Crippen LogP contribution < -0.4 is 0 Å². The lowest BCUT2D eigenvalue weighted by atomic mass is 9.81. The number of piperidine rings is 1. The molecule has 0 aromatic rings. The third-order valence-electron chi connectivity index (χ3n) is 7.22. The van der Waals surface area contributed by atoms with Gasteiger partial charge >= 0.3 is 6.03 Å². The first-order valence-corrected chi connectivity index (χ1v) is 11.2. The highest BCUT2D eigenvalue weighted by Gasteiger charge is 2.56. The van der Waals surface area contributed by atoms with Gasteiger partial charge in [-0.1, -0.05) is 19.3 Å². The Labute approximate surface area is 177 Å². The van der Waals surface area contributed by atoms with E-state index in [4.69, 9.17) is 4.74 Å². The molecule has 0 N–H and O–H groups in total. The van der Waals surface area contributed by atoms with Gasteiger partial charge in [0.05, 0.1) is 19.1 Å². The molecule has 3 aliphatic heterocycles. The average Bonchev–Trinajstić information content (AvgIpc) is 2.96. The maximum atomic E-state index is 13.1. The molecule has 4 rings (SSSR count). The van der Waals surface area contributed by atoms with Crippen molar-refractivity contribution in [1.29, 1.82) is 0 Å². The number of ether oxygens (including phenoxy) is 1. The Morgan fingerprint density at radius 2 is 1.70 bits per heavy atom. The highest BCUT2D eigenvalue weighted by atomic mass is 16.5. The summed E-state index contributed by atoms with van der Waals surface area (Å²) < 4.78 is 5.32. The smallest absolute Gasteiger partial charge is 0.327 e. The number of carbonyl (C=O) groups is 4. The first kappa shape index (κ1) is 21.1. The van der Waals surface area contributed by atoms with Crippen LogP contribution in [-0.4, -0.2) is 102 Å². The van der Waals surface area contributed by atoms with E-state index in [0.29, 0.717) is 52.2 Å². The van der Waals surface area contributed by atoms with E-state index in [1.54, 1.807) is 16.8 Å². The maximum Gasteiger partial charge on any atom is 0.327 e. The van der Waals surface area contributed by atoms with Gasteiger partial charge in [-0.2, -0.15) is 0 Å². The first-order chi connectivity index (χ1) is 14.4. The fourth-order valence-electron chi connectivity index (χ4n) is 5.35. The van der Waals surface area contributed by atoms with Crippen LogP contribution in [0.15, 0.2) is 0 Å². The Kier molecular flexibility index (Phi) is 5.99. The van der Waals surface area contributed by atoms with E-state index >= 15 is 0 Å². The molecule has 0 aromatic heterocycles. The Balaban J connectivity index is 1.39. The molecule has 3 heterocycles. The van der Waals surface area contributed by atoms with Gasteiger partial charge < -0.3 is 19.4 Å². The standard InChI is InChI=1S/C21H32N4O5/c1-22-20(29)25(19(28)21(22)7-3-2-4-8-21)15-17(26)24-9-5-6-16(14-24)18(27)23-10-12-30-13-11-23/h16H,2-15H2,1H3. The molecule has 1 aliphatic carbocycles. The number of likely N-dealkylation sites (tertiary alicyclic amines) is 1. The van der Waals surface area contributed by atoms with Gasteiger partial charge in [0.15, 0.2) is 0 Å². The van der Waals surface area contributed by atoms with E-state index in [-0.39, 0.29) is 36.2 Å². The van der Waals surface area contributed by atoms with Gasteiger partial charge in [-0.15, -0.1) is 0 Å². The number of nitrogens with zero attached hydrogens (tertiary/aromatic N) is 4. The summed E-state index contributed by atoms with van der Waals surface area (Å²) in [5.74, 6) is -0.637. The number of morpholine rings is 1. The molecule has 4 fully saturated rings. The van der Waals surface area contributed by atoms with Crippen molar-refractivity contribution in [3.8, 4) is 0 Å². The fraction of sp³-hybridized carbons (Fsp3) is 0.810. The number of likely N-dealkylation sites (N-methyl/N-ethyl adjacent to an activating group) is 1. The van der Waals surface area contributed by atoms with Crippen LogP contribution in [0.1, 0.15) is 44.9 Å². The maximum absolute atomic E-state index is 13.1. The lowest BCUT2D eigenvalue weighted by Crippen LogP contribution is -2.52. The zero-order valence-electron chi connectivity index (χ0n) is 17.8. The van der Waals surface area contributed by atoms with Gasteiger partial charge in [-0.3, -0.25) is 19.3 Å². The van der Waals surface area contributed by atoms with E-state index in [9.17, 15) is 19.2 Å². The minimum atomic E-state index is -0.771. The Bertz CT molecular complexity index is 714. The highest BCUT2D eigenvalue weighted by molar-refractivity contribution is 6.09. The SMILES string of the molecule is CN1C(=O)N(CC(=O)N2CCCC(C(=O)N3CCOCC3)C2)C(=O)C12CCCCC2. The molecule has 3 saturated heterocycles. The number of amides is 5. The van der Waals surface area contributed by atoms with Gasteiger partial charge in [0.25, 0.3) is 5.91 Å². The van der Waals surface area contributed by atoms with Crippen LogP contribution in [0.3, 0.4) is 0 Å². The molecule has 30 heavy (non-hydrogen) atoms. The van der Waals surface area contributed by atoms with E-state index in [2.05, 4.69) is 0 Å². The van der Waals surface area contributed by atoms with Crippen molar-refractivity contribution in [2.45, 2.75) is 50.5 Å². The molecule has 1 atom stereocenters. The lowest BCUT2D eigenvalue weighted by Gasteiger charge is -2.36. The van der Waals surface area contributed by atoms with Crippen molar-refractivity contribution in [2.24, 2.45) is 5.92 Å². The van der Waals surface area contributed by atoms with Crippen LogP contribution in [0.4, 0.5) is 4.79 Å². The normalized spacial score (nSPS) is 27.2. The molecule has 5 amide bonds. The second kappa shape index (κ2) is 8.53. The van der Waals surface area contributed by atoms with Gasteiger partial charge in [0.2, 0.25) is 11.8 Å². The molecule has 166 valence electrons. The van der Waals surface area contributed by atoms with Crippen molar-refractivity contribution in [3.63, 3.8) is 0 Å². The molecule has 1 unspecified atom stereocenters. The van der Waals surface area contributed by atoms with Crippen LogP contribution in [0.5, 0.6) is 0 Å². The number of urea groups is 1. The molecule has 9 heteroatoms. The van der Waals surface area contributed by atoms with Crippen molar-refractivity contribution >= 4 is 23.8 Å². The largest absolute Gasteiger partial charge is 0.378 e. The summed E-state index contributed by atoms with van der Waals surface area (Å²) >= 11 is 0. The van der Waals surface area contributed by atoms with Crippen molar-refractivity contribution < 1.29 is 23.9 Å². The molecular formula is C21H32N4O5. The zero-order chi connectivity index (χ0) is 21.3. The zero-order valence-corrected chi connectivity index (χ0v) is 17.8. The van der Waals surface area contributed by atoms with Gasteiger partial charge in [0.1, 0.15) is 12.1 Å². The summed E-state index contributed by atoms with van der Waals surface area (Å²) in [6.45, 7) is 2.96. The summed E-state index contributed by atoms with van der Waals surface area (Å²) in [6.07, 6.45) is 5.75. The average molecular weight is 421 g/mol. The molecule has 0 aromatic carbocycles. The van der Waals surface area contributed by atoms with E-state index in [1.807, 2.05) is 4.90 Å². The van der Waals surface area contributed by atoms with Crippen molar-refractivity contribution in [1.82, 2.24) is 19.6 Å². The minimum Gasteiger partial charge on any atom is -0.378 e. The van der Waals surface area contributed by atoms with Crippen LogP contribution in [0, 0.1) is 5.92 Å². The number of hydrogen-bond acceptors (Lipinski definition) is 5. The summed E-state index contributed by atoms with van der Waals surface area (Å²) in [7, 11) is 1.67. The Morgan fingerprint density at radius 3 is 2.40 bits per heavy atom. The molecule has 9 nitrogen and oxygen atoms in total. The van der Waals surface area contributed by atoms with Crippen molar-refractivity contribution in [3.05, 3.63) is 0 Å². The molecule has 0 radical (unpaired) electrons.